The second-order valence-electron chi connectivity index (χ2n) is 8.61. The highest BCUT2D eigenvalue weighted by Crippen LogP contribution is 2.27. The van der Waals surface area contributed by atoms with E-state index in [0.717, 1.165) is 26.6 Å². The van der Waals surface area contributed by atoms with E-state index >= 15 is 0 Å². The maximum atomic E-state index is 13.6. The monoisotopic (exact) mass is 480 g/mol. The maximum absolute atomic E-state index is 13.6. The van der Waals surface area contributed by atoms with Crippen molar-refractivity contribution < 1.29 is 17.9 Å². The predicted molar refractivity (Wildman–Crippen MR) is 136 cm³/mol. The summed E-state index contributed by atoms with van der Waals surface area (Å²) >= 11 is 0. The van der Waals surface area contributed by atoms with Gasteiger partial charge in [0.1, 0.15) is 12.3 Å². The number of benzene rings is 3. The van der Waals surface area contributed by atoms with Gasteiger partial charge in [-0.1, -0.05) is 35.9 Å². The number of carbonyl (C=O) groups excluding carboxylic acids is 1. The van der Waals surface area contributed by atoms with Crippen molar-refractivity contribution in [1.82, 2.24) is 5.32 Å². The van der Waals surface area contributed by atoms with Crippen molar-refractivity contribution in [2.75, 3.05) is 18.0 Å². The molecule has 180 valence electrons. The number of nitrogens with zero attached hydrogens (tertiary/aromatic N) is 1. The lowest BCUT2D eigenvalue weighted by atomic mass is 9.96. The Labute approximate surface area is 202 Å². The highest BCUT2D eigenvalue weighted by atomic mass is 32.2. The molecule has 0 saturated heterocycles. The molecule has 0 aliphatic heterocycles. The number of methoxy groups -OCH3 is 1. The van der Waals surface area contributed by atoms with Gasteiger partial charge in [-0.3, -0.25) is 9.10 Å². The Hall–Kier alpha value is -3.32. The number of hydrogen-bond donors (Lipinski definition) is 1. The molecule has 3 aromatic carbocycles. The molecule has 0 aliphatic rings. The Morgan fingerprint density at radius 1 is 0.941 bits per heavy atom. The molecule has 1 N–H and O–H groups in total. The quantitative estimate of drug-likeness (QED) is 0.492. The van der Waals surface area contributed by atoms with E-state index in [4.69, 9.17) is 4.74 Å². The van der Waals surface area contributed by atoms with Crippen LogP contribution in [0.25, 0.3) is 0 Å². The molecule has 0 heterocycles. The van der Waals surface area contributed by atoms with Crippen molar-refractivity contribution in [3.05, 3.63) is 88.5 Å². The molecule has 6 nitrogen and oxygen atoms in total. The van der Waals surface area contributed by atoms with Crippen LogP contribution >= 0.6 is 0 Å². The van der Waals surface area contributed by atoms with Crippen molar-refractivity contribution in [3.63, 3.8) is 0 Å². The van der Waals surface area contributed by atoms with E-state index in [1.54, 1.807) is 48.5 Å². The smallest absolute Gasteiger partial charge is 0.264 e. The second-order valence-corrected chi connectivity index (χ2v) is 10.5. The molecular weight excluding hydrogens is 448 g/mol. The standard InChI is InChI=1S/C27H32N2O4S/c1-18-10-12-25(13-11-18)34(31,32)29(23-8-7-9-24(16-23)33-6)17-27(30)28-22(5)26-15-20(3)19(2)14-21(26)4/h7-16,22H,17H2,1-6H3,(H,28,30)/t22-/m0/s1. The summed E-state index contributed by atoms with van der Waals surface area (Å²) in [4.78, 5) is 13.2. The predicted octanol–water partition coefficient (Wildman–Crippen LogP) is 5.00. The molecule has 0 bridgehead atoms. The molecule has 7 heteroatoms. The normalized spacial score (nSPS) is 12.2. The van der Waals surface area contributed by atoms with Gasteiger partial charge in [-0.15, -0.1) is 0 Å². The minimum atomic E-state index is -3.99. The molecule has 0 unspecified atom stereocenters. The van der Waals surface area contributed by atoms with Crippen LogP contribution in [0.2, 0.25) is 0 Å². The minimum Gasteiger partial charge on any atom is -0.497 e. The molecule has 0 fully saturated rings. The fourth-order valence-corrected chi connectivity index (χ4v) is 5.28. The molecule has 1 atom stereocenters. The number of sulfonamides is 1. The third kappa shape index (κ3) is 5.59. The van der Waals surface area contributed by atoms with E-state index < -0.39 is 15.9 Å². The first-order valence-corrected chi connectivity index (χ1v) is 12.6. The average Bonchev–Trinajstić information content (AvgIpc) is 2.80. The number of anilines is 1. The van der Waals surface area contributed by atoms with Gasteiger partial charge < -0.3 is 10.1 Å². The summed E-state index contributed by atoms with van der Waals surface area (Å²) in [5.41, 5.74) is 5.71. The Balaban J connectivity index is 1.93. The molecule has 0 aromatic heterocycles. The first-order chi connectivity index (χ1) is 16.0. The SMILES string of the molecule is COc1cccc(N(CC(=O)N[C@@H](C)c2cc(C)c(C)cc2C)S(=O)(=O)c2ccc(C)cc2)c1. The van der Waals surface area contributed by atoms with Gasteiger partial charge in [0.25, 0.3) is 10.0 Å². The molecule has 0 spiro atoms. The largest absolute Gasteiger partial charge is 0.497 e. The van der Waals surface area contributed by atoms with Crippen molar-refractivity contribution in [2.24, 2.45) is 0 Å². The van der Waals surface area contributed by atoms with Crippen molar-refractivity contribution in [3.8, 4) is 5.75 Å². The van der Waals surface area contributed by atoms with Crippen LogP contribution in [0.5, 0.6) is 5.75 Å². The van der Waals surface area contributed by atoms with Gasteiger partial charge in [0.2, 0.25) is 5.91 Å². The van der Waals surface area contributed by atoms with Crippen LogP contribution in [-0.4, -0.2) is 28.0 Å². The zero-order valence-corrected chi connectivity index (χ0v) is 21.4. The summed E-state index contributed by atoms with van der Waals surface area (Å²) in [7, 11) is -2.48. The fraction of sp³-hybridized carbons (Fsp3) is 0.296. The number of carbonyl (C=O) groups is 1. The van der Waals surface area contributed by atoms with E-state index in [1.165, 1.54) is 12.7 Å². The van der Waals surface area contributed by atoms with Crippen molar-refractivity contribution in [2.45, 2.75) is 45.6 Å². The highest BCUT2D eigenvalue weighted by molar-refractivity contribution is 7.92. The lowest BCUT2D eigenvalue weighted by molar-refractivity contribution is -0.120. The zero-order chi connectivity index (χ0) is 25.0. The number of aryl methyl sites for hydroxylation is 4. The third-order valence-corrected chi connectivity index (χ3v) is 7.75. The molecular formula is C27H32N2O4S. The van der Waals surface area contributed by atoms with Crippen molar-refractivity contribution in [1.29, 1.82) is 0 Å². The lowest BCUT2D eigenvalue weighted by Crippen LogP contribution is -2.41. The summed E-state index contributed by atoms with van der Waals surface area (Å²) < 4.78 is 33.6. The van der Waals surface area contributed by atoms with Gasteiger partial charge in [-0.25, -0.2) is 8.42 Å². The molecule has 3 rings (SSSR count). The highest BCUT2D eigenvalue weighted by Gasteiger charge is 2.28. The maximum Gasteiger partial charge on any atom is 0.264 e. The van der Waals surface area contributed by atoms with E-state index in [9.17, 15) is 13.2 Å². The van der Waals surface area contributed by atoms with Gasteiger partial charge in [-0.2, -0.15) is 0 Å². The second kappa shape index (κ2) is 10.3. The number of hydrogen-bond acceptors (Lipinski definition) is 4. The van der Waals surface area contributed by atoms with Gasteiger partial charge >= 0.3 is 0 Å². The average molecular weight is 481 g/mol. The summed E-state index contributed by atoms with van der Waals surface area (Å²) in [5, 5.41) is 2.97. The number of amides is 1. The fourth-order valence-electron chi connectivity index (χ4n) is 3.86. The van der Waals surface area contributed by atoms with Crippen LogP contribution in [0, 0.1) is 27.7 Å². The van der Waals surface area contributed by atoms with Crippen LogP contribution < -0.4 is 14.4 Å². The Morgan fingerprint density at radius 2 is 1.59 bits per heavy atom. The molecule has 34 heavy (non-hydrogen) atoms. The van der Waals surface area contributed by atoms with Crippen LogP contribution in [0.3, 0.4) is 0 Å². The van der Waals surface area contributed by atoms with Gasteiger partial charge in [0.05, 0.1) is 23.7 Å². The van der Waals surface area contributed by atoms with Crippen LogP contribution in [-0.2, 0) is 14.8 Å². The van der Waals surface area contributed by atoms with Gasteiger partial charge in [0.15, 0.2) is 0 Å². The van der Waals surface area contributed by atoms with Gasteiger partial charge in [-0.05, 0) is 81.1 Å². The summed E-state index contributed by atoms with van der Waals surface area (Å²) in [6, 6.07) is 17.2. The zero-order valence-electron chi connectivity index (χ0n) is 20.5. The molecule has 1 amide bonds. The molecule has 0 saturated carbocycles. The summed E-state index contributed by atoms with van der Waals surface area (Å²) in [6.45, 7) is 9.52. The van der Waals surface area contributed by atoms with Crippen LogP contribution in [0.4, 0.5) is 5.69 Å². The van der Waals surface area contributed by atoms with E-state index in [-0.39, 0.29) is 17.5 Å². The number of rotatable bonds is 8. The Morgan fingerprint density at radius 3 is 2.24 bits per heavy atom. The molecule has 3 aromatic rings. The van der Waals surface area contributed by atoms with E-state index in [2.05, 4.69) is 24.4 Å². The molecule has 0 radical (unpaired) electrons. The van der Waals surface area contributed by atoms with E-state index in [0.29, 0.717) is 11.4 Å². The summed E-state index contributed by atoms with van der Waals surface area (Å²) in [6.07, 6.45) is 0. The van der Waals surface area contributed by atoms with Crippen LogP contribution in [0.1, 0.15) is 40.8 Å². The Kier molecular flexibility index (Phi) is 7.67. The van der Waals surface area contributed by atoms with Gasteiger partial charge in [0, 0.05) is 6.07 Å². The summed E-state index contributed by atoms with van der Waals surface area (Å²) in [5.74, 6) is 0.102. The topological polar surface area (TPSA) is 75.7 Å². The first-order valence-electron chi connectivity index (χ1n) is 11.1. The Bertz CT molecular complexity index is 1280. The number of ether oxygens (including phenoxy) is 1. The van der Waals surface area contributed by atoms with E-state index in [1.807, 2.05) is 27.7 Å². The van der Waals surface area contributed by atoms with Crippen molar-refractivity contribution >= 4 is 21.6 Å². The first kappa shape index (κ1) is 25.3. The molecule has 0 aliphatic carbocycles. The minimum absolute atomic E-state index is 0.117. The van der Waals surface area contributed by atoms with Crippen LogP contribution in [0.15, 0.2) is 65.6 Å². The lowest BCUT2D eigenvalue weighted by Gasteiger charge is -2.26. The third-order valence-electron chi connectivity index (χ3n) is 5.96. The number of nitrogens with one attached hydrogen (secondary N) is 1.